The quantitative estimate of drug-likeness (QED) is 0.550. The lowest BCUT2D eigenvalue weighted by Crippen LogP contribution is -2.28. The zero-order valence-corrected chi connectivity index (χ0v) is 18.3. The predicted octanol–water partition coefficient (Wildman–Crippen LogP) is 5.34. The third-order valence-corrected chi connectivity index (χ3v) is 6.79. The van der Waals surface area contributed by atoms with Crippen LogP contribution in [0.5, 0.6) is 0 Å². The predicted molar refractivity (Wildman–Crippen MR) is 126 cm³/mol. The molecule has 0 unspecified atom stereocenters. The molecule has 0 radical (unpaired) electrons. The van der Waals surface area contributed by atoms with E-state index < -0.39 is 0 Å². The van der Waals surface area contributed by atoms with Crippen LogP contribution in [0.25, 0.3) is 0 Å². The van der Waals surface area contributed by atoms with Gasteiger partial charge in [-0.2, -0.15) is 0 Å². The van der Waals surface area contributed by atoms with Gasteiger partial charge in [0.25, 0.3) is 5.91 Å². The summed E-state index contributed by atoms with van der Waals surface area (Å²) in [6, 6.07) is 27.7. The van der Waals surface area contributed by atoms with Gasteiger partial charge in [-0.1, -0.05) is 79.7 Å². The van der Waals surface area contributed by atoms with Crippen LogP contribution in [-0.4, -0.2) is 22.5 Å². The van der Waals surface area contributed by atoms with Crippen LogP contribution in [0.1, 0.15) is 51.8 Å². The lowest BCUT2D eigenvalue weighted by atomic mass is 10.0. The fourth-order valence-corrected chi connectivity index (χ4v) is 5.02. The Bertz CT molecular complexity index is 1020. The van der Waals surface area contributed by atoms with Crippen molar-refractivity contribution in [2.75, 3.05) is 5.75 Å². The van der Waals surface area contributed by atoms with Gasteiger partial charge in [0.05, 0.1) is 11.8 Å². The number of hydrogen-bond acceptors (Lipinski definition) is 3. The molecule has 0 bridgehead atoms. The van der Waals surface area contributed by atoms with Crippen molar-refractivity contribution in [1.82, 2.24) is 10.2 Å². The lowest BCUT2D eigenvalue weighted by molar-refractivity contribution is -0.128. The van der Waals surface area contributed by atoms with E-state index in [1.807, 2.05) is 89.8 Å². The summed E-state index contributed by atoms with van der Waals surface area (Å²) >= 11 is 1.63. The highest BCUT2D eigenvalue weighted by Crippen LogP contribution is 2.39. The van der Waals surface area contributed by atoms with Crippen molar-refractivity contribution in [2.24, 2.45) is 0 Å². The highest BCUT2D eigenvalue weighted by Gasteiger charge is 2.32. The summed E-state index contributed by atoms with van der Waals surface area (Å²) in [5, 5.41) is 3.10. The highest BCUT2D eigenvalue weighted by molar-refractivity contribution is 8.00. The van der Waals surface area contributed by atoms with Crippen LogP contribution in [-0.2, 0) is 11.3 Å². The van der Waals surface area contributed by atoms with Crippen LogP contribution in [0.15, 0.2) is 84.9 Å². The van der Waals surface area contributed by atoms with Crippen LogP contribution < -0.4 is 5.32 Å². The van der Waals surface area contributed by atoms with E-state index in [1.165, 1.54) is 0 Å². The van der Waals surface area contributed by atoms with E-state index >= 15 is 0 Å². The summed E-state index contributed by atoms with van der Waals surface area (Å²) in [5.41, 5.74) is 3.89. The Morgan fingerprint density at radius 3 is 2.29 bits per heavy atom. The Hall–Kier alpha value is -3.05. The van der Waals surface area contributed by atoms with E-state index in [9.17, 15) is 9.59 Å². The van der Waals surface area contributed by atoms with Gasteiger partial charge >= 0.3 is 0 Å². The maximum absolute atomic E-state index is 12.8. The molecule has 4 rings (SSSR count). The Kier molecular flexibility index (Phi) is 6.73. The molecule has 0 aliphatic carbocycles. The normalized spacial score (nSPS) is 16.9. The van der Waals surface area contributed by atoms with Crippen molar-refractivity contribution in [3.8, 4) is 0 Å². The van der Waals surface area contributed by atoms with Crippen LogP contribution in [0.2, 0.25) is 0 Å². The molecule has 0 aromatic heterocycles. The van der Waals surface area contributed by atoms with Gasteiger partial charge in [-0.25, -0.2) is 0 Å². The summed E-state index contributed by atoms with van der Waals surface area (Å²) in [4.78, 5) is 27.2. The summed E-state index contributed by atoms with van der Waals surface area (Å²) in [7, 11) is 0. The zero-order valence-electron chi connectivity index (χ0n) is 17.5. The molecule has 1 aliphatic rings. The van der Waals surface area contributed by atoms with Gasteiger partial charge < -0.3 is 10.2 Å². The molecular weight excluding hydrogens is 404 g/mol. The van der Waals surface area contributed by atoms with Crippen LogP contribution >= 0.6 is 11.8 Å². The Morgan fingerprint density at radius 1 is 1.00 bits per heavy atom. The van der Waals surface area contributed by atoms with Crippen LogP contribution in [0.3, 0.4) is 0 Å². The molecule has 1 N–H and O–H groups in total. The van der Waals surface area contributed by atoms with Crippen molar-refractivity contribution in [3.05, 3.63) is 107 Å². The summed E-state index contributed by atoms with van der Waals surface area (Å²) in [5.74, 6) is 0.544. The minimum absolute atomic E-state index is 0.0160. The minimum atomic E-state index is -0.0847. The Balaban J connectivity index is 1.45. The molecule has 4 nitrogen and oxygen atoms in total. The molecular formula is C26H26N2O2S. The zero-order chi connectivity index (χ0) is 21.6. The van der Waals surface area contributed by atoms with Crippen molar-refractivity contribution < 1.29 is 9.59 Å². The van der Waals surface area contributed by atoms with E-state index in [4.69, 9.17) is 0 Å². The molecule has 5 heteroatoms. The van der Waals surface area contributed by atoms with Gasteiger partial charge in [-0.05, 0) is 35.2 Å². The first-order chi connectivity index (χ1) is 15.2. The highest BCUT2D eigenvalue weighted by atomic mass is 32.2. The van der Waals surface area contributed by atoms with E-state index in [0.29, 0.717) is 17.9 Å². The molecule has 3 aromatic rings. The standard InChI is InChI=1S/C26H26N2O2S/c1-2-23(20-11-7-4-8-12-20)27-25(30)21-13-15-22(16-14-21)26-28(24(29)18-31-26)17-19-9-5-3-6-10-19/h3-16,23,26H,2,17-18H2,1H3,(H,27,30)/t23-,26+/m1/s1. The molecule has 1 aliphatic heterocycles. The number of carbonyl (C=O) groups is 2. The number of amides is 2. The Labute approximate surface area is 187 Å². The summed E-state index contributed by atoms with van der Waals surface area (Å²) < 4.78 is 0. The topological polar surface area (TPSA) is 49.4 Å². The monoisotopic (exact) mass is 430 g/mol. The molecule has 31 heavy (non-hydrogen) atoms. The first-order valence-corrected chi connectivity index (χ1v) is 11.6. The van der Waals surface area contributed by atoms with Gasteiger partial charge in [0.2, 0.25) is 5.91 Å². The molecule has 0 saturated carbocycles. The van der Waals surface area contributed by atoms with Gasteiger partial charge in [-0.3, -0.25) is 9.59 Å². The minimum Gasteiger partial charge on any atom is -0.345 e. The fourth-order valence-electron chi connectivity index (χ4n) is 3.83. The van der Waals surface area contributed by atoms with Gasteiger partial charge in [0, 0.05) is 12.1 Å². The van der Waals surface area contributed by atoms with Crippen LogP contribution in [0, 0.1) is 0 Å². The number of nitrogens with one attached hydrogen (secondary N) is 1. The van der Waals surface area contributed by atoms with Crippen molar-refractivity contribution in [2.45, 2.75) is 31.3 Å². The van der Waals surface area contributed by atoms with Gasteiger partial charge in [-0.15, -0.1) is 11.8 Å². The SMILES string of the molecule is CC[C@@H](NC(=O)c1ccc([C@@H]2SCC(=O)N2Cc2ccccc2)cc1)c1ccccc1. The van der Waals surface area contributed by atoms with Crippen molar-refractivity contribution in [3.63, 3.8) is 0 Å². The first-order valence-electron chi connectivity index (χ1n) is 10.6. The third kappa shape index (κ3) is 5.00. The summed E-state index contributed by atoms with van der Waals surface area (Å²) in [6.07, 6.45) is 0.823. The third-order valence-electron chi connectivity index (χ3n) is 5.54. The van der Waals surface area contributed by atoms with Gasteiger partial charge in [0.15, 0.2) is 0 Å². The lowest BCUT2D eigenvalue weighted by Gasteiger charge is -2.24. The largest absolute Gasteiger partial charge is 0.345 e. The average Bonchev–Trinajstić information content (AvgIpc) is 3.18. The molecule has 1 heterocycles. The van der Waals surface area contributed by atoms with E-state index in [-0.39, 0.29) is 23.2 Å². The number of carbonyl (C=O) groups excluding carboxylic acids is 2. The molecule has 1 fully saturated rings. The Morgan fingerprint density at radius 2 is 1.65 bits per heavy atom. The second kappa shape index (κ2) is 9.84. The second-order valence-corrected chi connectivity index (χ2v) is 8.71. The van der Waals surface area contributed by atoms with Gasteiger partial charge in [0.1, 0.15) is 5.37 Å². The smallest absolute Gasteiger partial charge is 0.251 e. The molecule has 0 spiro atoms. The average molecular weight is 431 g/mol. The number of thioether (sulfide) groups is 1. The second-order valence-electron chi connectivity index (χ2n) is 7.64. The molecule has 2 amide bonds. The fraction of sp³-hybridized carbons (Fsp3) is 0.231. The maximum atomic E-state index is 12.8. The number of benzene rings is 3. The first kappa shape index (κ1) is 21.2. The number of rotatable bonds is 7. The summed E-state index contributed by atoms with van der Waals surface area (Å²) in [6.45, 7) is 2.66. The number of hydrogen-bond donors (Lipinski definition) is 1. The van der Waals surface area contributed by atoms with Crippen LogP contribution in [0.4, 0.5) is 0 Å². The van der Waals surface area contributed by atoms with Crippen molar-refractivity contribution in [1.29, 1.82) is 0 Å². The molecule has 158 valence electrons. The van der Waals surface area contributed by atoms with E-state index in [2.05, 4.69) is 12.2 Å². The number of nitrogens with zero attached hydrogens (tertiary/aromatic N) is 1. The molecule has 2 atom stereocenters. The van der Waals surface area contributed by atoms with Crippen molar-refractivity contribution >= 4 is 23.6 Å². The van der Waals surface area contributed by atoms with E-state index in [0.717, 1.165) is 23.1 Å². The van der Waals surface area contributed by atoms with E-state index in [1.54, 1.807) is 11.8 Å². The molecule has 1 saturated heterocycles. The molecule has 3 aromatic carbocycles. The maximum Gasteiger partial charge on any atom is 0.251 e.